The van der Waals surface area contributed by atoms with E-state index in [4.69, 9.17) is 5.73 Å². The number of nitrogens with two attached hydrogens (primary N) is 1. The van der Waals surface area contributed by atoms with E-state index in [0.29, 0.717) is 23.5 Å². The predicted octanol–water partition coefficient (Wildman–Crippen LogP) is 2.82. The Morgan fingerprint density at radius 1 is 1.23 bits per heavy atom. The average Bonchev–Trinajstić information content (AvgIpc) is 2.76. The summed E-state index contributed by atoms with van der Waals surface area (Å²) in [4.78, 5) is 12.4. The summed E-state index contributed by atoms with van der Waals surface area (Å²) in [7, 11) is 0. The molecular formula is C19H29NO2. The molecule has 0 radical (unpaired) electrons. The normalized spacial score (nSPS) is 57.2. The molecule has 0 aromatic carbocycles. The van der Waals surface area contributed by atoms with Crippen LogP contribution in [-0.2, 0) is 4.79 Å². The molecule has 3 N–H and O–H groups in total. The third-order valence-corrected chi connectivity index (χ3v) is 8.08. The first kappa shape index (κ1) is 14.9. The smallest absolute Gasteiger partial charge is 0.142 e. The van der Waals surface area contributed by atoms with Crippen molar-refractivity contribution in [2.45, 2.75) is 70.4 Å². The summed E-state index contributed by atoms with van der Waals surface area (Å²) in [5.41, 5.74) is 6.44. The second-order valence-corrected chi connectivity index (χ2v) is 8.91. The standard InChI is InChI=1S/C19H29NO2/c1-17-8-7-15-13(14(17)3-4-16(17)22)6-10-19(20)11-12(21)5-9-18(15,19)2/h7-8,12-15,21H,3-6,9-11,20H2,1-2H3/t12-,13-,14?,15-,17-,18+,19+/m0/s1. The van der Waals surface area contributed by atoms with E-state index in [1.54, 1.807) is 0 Å². The fourth-order valence-electron chi connectivity index (χ4n) is 6.48. The summed E-state index contributed by atoms with van der Waals surface area (Å²) < 4.78 is 0. The molecule has 3 nitrogen and oxygen atoms in total. The zero-order valence-electron chi connectivity index (χ0n) is 13.8. The Bertz CT molecular complexity index is 544. The highest BCUT2D eigenvalue weighted by Gasteiger charge is 2.62. The molecule has 0 amide bonds. The molecule has 3 saturated carbocycles. The summed E-state index contributed by atoms with van der Waals surface area (Å²) in [5, 5.41) is 10.1. The van der Waals surface area contributed by atoms with E-state index in [9.17, 15) is 9.90 Å². The van der Waals surface area contributed by atoms with Gasteiger partial charge in [-0.1, -0.05) is 19.1 Å². The van der Waals surface area contributed by atoms with E-state index in [2.05, 4.69) is 26.0 Å². The Hall–Kier alpha value is -0.670. The van der Waals surface area contributed by atoms with E-state index in [1.807, 2.05) is 0 Å². The van der Waals surface area contributed by atoms with Gasteiger partial charge in [-0.2, -0.15) is 0 Å². The first-order valence-electron chi connectivity index (χ1n) is 9.00. The van der Waals surface area contributed by atoms with Crippen molar-refractivity contribution < 1.29 is 9.90 Å². The van der Waals surface area contributed by atoms with Gasteiger partial charge >= 0.3 is 0 Å². The number of ketones is 1. The molecule has 3 heteroatoms. The van der Waals surface area contributed by atoms with Gasteiger partial charge in [0.25, 0.3) is 0 Å². The lowest BCUT2D eigenvalue weighted by atomic mass is 9.44. The van der Waals surface area contributed by atoms with Crippen LogP contribution in [0.1, 0.15) is 58.8 Å². The van der Waals surface area contributed by atoms with Crippen LogP contribution >= 0.6 is 0 Å². The van der Waals surface area contributed by atoms with Crippen LogP contribution in [0.4, 0.5) is 0 Å². The molecule has 0 aromatic rings. The van der Waals surface area contributed by atoms with Crippen molar-refractivity contribution in [3.05, 3.63) is 12.2 Å². The number of carbonyl (C=O) groups is 1. The van der Waals surface area contributed by atoms with Crippen LogP contribution in [0.25, 0.3) is 0 Å². The van der Waals surface area contributed by atoms with Gasteiger partial charge in [0, 0.05) is 17.4 Å². The number of rotatable bonds is 0. The molecule has 122 valence electrons. The fraction of sp³-hybridized carbons (Fsp3) is 0.842. The van der Waals surface area contributed by atoms with E-state index >= 15 is 0 Å². The van der Waals surface area contributed by atoms with Crippen molar-refractivity contribution in [2.24, 2.45) is 34.3 Å². The molecule has 4 rings (SSSR count). The van der Waals surface area contributed by atoms with Crippen LogP contribution in [0, 0.1) is 28.6 Å². The minimum atomic E-state index is -0.244. The van der Waals surface area contributed by atoms with Gasteiger partial charge in [-0.15, -0.1) is 0 Å². The molecule has 3 fully saturated rings. The summed E-state index contributed by atoms with van der Waals surface area (Å²) in [6.45, 7) is 4.50. The zero-order valence-corrected chi connectivity index (χ0v) is 13.8. The van der Waals surface area contributed by atoms with Crippen LogP contribution in [0.2, 0.25) is 0 Å². The number of carbonyl (C=O) groups excluding carboxylic acids is 1. The summed E-state index contributed by atoms with van der Waals surface area (Å²) in [6, 6.07) is 0. The maximum absolute atomic E-state index is 12.4. The Balaban J connectivity index is 1.74. The molecule has 0 bridgehead atoms. The Morgan fingerprint density at radius 2 is 2.00 bits per heavy atom. The molecule has 0 heterocycles. The van der Waals surface area contributed by atoms with E-state index in [1.165, 1.54) is 0 Å². The molecule has 0 aliphatic heterocycles. The highest BCUT2D eigenvalue weighted by Crippen LogP contribution is 2.63. The lowest BCUT2D eigenvalue weighted by Gasteiger charge is -2.62. The van der Waals surface area contributed by atoms with Gasteiger partial charge in [-0.3, -0.25) is 4.79 Å². The molecule has 0 aromatic heterocycles. The van der Waals surface area contributed by atoms with Gasteiger partial charge in [0.2, 0.25) is 0 Å². The minimum Gasteiger partial charge on any atom is -0.393 e. The monoisotopic (exact) mass is 303 g/mol. The first-order valence-corrected chi connectivity index (χ1v) is 9.00. The average molecular weight is 303 g/mol. The quantitative estimate of drug-likeness (QED) is 0.676. The van der Waals surface area contributed by atoms with Gasteiger partial charge < -0.3 is 10.8 Å². The van der Waals surface area contributed by atoms with Crippen molar-refractivity contribution >= 4 is 5.78 Å². The van der Waals surface area contributed by atoms with Gasteiger partial charge in [0.15, 0.2) is 0 Å². The molecule has 0 saturated heterocycles. The highest BCUT2D eigenvalue weighted by molar-refractivity contribution is 5.89. The van der Waals surface area contributed by atoms with Crippen molar-refractivity contribution in [3.63, 3.8) is 0 Å². The van der Waals surface area contributed by atoms with E-state index in [-0.39, 0.29) is 22.5 Å². The molecule has 22 heavy (non-hydrogen) atoms. The number of hydrogen-bond donors (Lipinski definition) is 2. The van der Waals surface area contributed by atoms with Gasteiger partial charge in [-0.25, -0.2) is 0 Å². The number of aliphatic hydroxyl groups excluding tert-OH is 1. The lowest BCUT2D eigenvalue weighted by molar-refractivity contribution is -0.128. The lowest BCUT2D eigenvalue weighted by Crippen LogP contribution is -2.66. The molecule has 0 spiro atoms. The number of Topliss-reactive ketones (excluding diaryl/α,β-unsaturated/α-hetero) is 1. The van der Waals surface area contributed by atoms with Gasteiger partial charge in [0.05, 0.1) is 6.10 Å². The summed E-state index contributed by atoms with van der Waals surface area (Å²) in [5.74, 6) is 2.00. The van der Waals surface area contributed by atoms with Crippen molar-refractivity contribution in [3.8, 4) is 0 Å². The van der Waals surface area contributed by atoms with Gasteiger partial charge in [-0.05, 0) is 68.6 Å². The van der Waals surface area contributed by atoms with E-state index < -0.39 is 0 Å². The van der Waals surface area contributed by atoms with Crippen molar-refractivity contribution in [2.75, 3.05) is 0 Å². The molecule has 4 aliphatic rings. The minimum absolute atomic E-state index is 0.0681. The van der Waals surface area contributed by atoms with Crippen molar-refractivity contribution in [1.82, 2.24) is 0 Å². The third-order valence-electron chi connectivity index (χ3n) is 8.08. The Kier molecular flexibility index (Phi) is 3.01. The second kappa shape index (κ2) is 4.45. The number of fused-ring (bicyclic) bond motifs is 5. The summed E-state index contributed by atoms with van der Waals surface area (Å²) in [6.07, 6.45) is 10.8. The molecule has 4 aliphatic carbocycles. The van der Waals surface area contributed by atoms with Crippen LogP contribution in [0.5, 0.6) is 0 Å². The highest BCUT2D eigenvalue weighted by atomic mass is 16.3. The van der Waals surface area contributed by atoms with Crippen LogP contribution in [0.3, 0.4) is 0 Å². The van der Waals surface area contributed by atoms with Crippen LogP contribution in [-0.4, -0.2) is 22.5 Å². The largest absolute Gasteiger partial charge is 0.393 e. The van der Waals surface area contributed by atoms with Crippen molar-refractivity contribution in [1.29, 1.82) is 0 Å². The number of hydrogen-bond acceptors (Lipinski definition) is 3. The second-order valence-electron chi connectivity index (χ2n) is 8.91. The van der Waals surface area contributed by atoms with Crippen LogP contribution in [0.15, 0.2) is 12.2 Å². The molecule has 7 atom stereocenters. The predicted molar refractivity (Wildman–Crippen MR) is 86.1 cm³/mol. The molecular weight excluding hydrogens is 274 g/mol. The number of allylic oxidation sites excluding steroid dienone is 2. The number of aliphatic hydroxyl groups is 1. The Labute approximate surface area is 133 Å². The Morgan fingerprint density at radius 3 is 2.77 bits per heavy atom. The summed E-state index contributed by atoms with van der Waals surface area (Å²) >= 11 is 0. The van der Waals surface area contributed by atoms with E-state index in [0.717, 1.165) is 44.9 Å². The molecule has 1 unspecified atom stereocenters. The zero-order chi connectivity index (χ0) is 15.8. The topological polar surface area (TPSA) is 63.3 Å². The maximum Gasteiger partial charge on any atom is 0.142 e. The van der Waals surface area contributed by atoms with Gasteiger partial charge in [0.1, 0.15) is 5.78 Å². The SMILES string of the molecule is C[C@]12C=C[C@H]3[C@@H](CC[C@@]4(N)C[C@@H](O)CC[C@]34C)C1CCC2=O. The third kappa shape index (κ3) is 1.67. The maximum atomic E-state index is 12.4. The fourth-order valence-corrected chi connectivity index (χ4v) is 6.48. The first-order chi connectivity index (χ1) is 10.3. The van der Waals surface area contributed by atoms with Crippen LogP contribution < -0.4 is 5.73 Å².